The zero-order valence-electron chi connectivity index (χ0n) is 12.4. The number of para-hydroxylation sites is 1. The summed E-state index contributed by atoms with van der Waals surface area (Å²) in [4.78, 5) is 11.7. The van der Waals surface area contributed by atoms with Gasteiger partial charge in [0.15, 0.2) is 0 Å². The number of sulfonamides is 1. The van der Waals surface area contributed by atoms with Crippen LogP contribution in [0.5, 0.6) is 0 Å². The molecule has 1 aliphatic carbocycles. The molecular weight excluding hydrogens is 312 g/mol. The Balaban J connectivity index is 1.63. The maximum Gasteiger partial charge on any atom is 0.261 e. The van der Waals surface area contributed by atoms with Crippen LogP contribution in [0.15, 0.2) is 47.4 Å². The van der Waals surface area contributed by atoms with E-state index in [9.17, 15) is 13.2 Å². The third kappa shape index (κ3) is 2.70. The van der Waals surface area contributed by atoms with Crippen molar-refractivity contribution in [1.29, 1.82) is 0 Å². The summed E-state index contributed by atoms with van der Waals surface area (Å²) in [5.74, 6) is 0.466. The first kappa shape index (κ1) is 14.3. The topological polar surface area (TPSA) is 75.3 Å². The molecule has 0 spiro atoms. The number of carbonyl (C=O) groups is 1. The van der Waals surface area contributed by atoms with E-state index in [0.29, 0.717) is 17.3 Å². The van der Waals surface area contributed by atoms with Gasteiger partial charge in [-0.15, -0.1) is 0 Å². The molecule has 0 radical (unpaired) electrons. The van der Waals surface area contributed by atoms with Crippen molar-refractivity contribution in [3.63, 3.8) is 0 Å². The largest absolute Gasteiger partial charge is 0.324 e. The van der Waals surface area contributed by atoms with Crippen LogP contribution in [0, 0.1) is 0 Å². The van der Waals surface area contributed by atoms with E-state index >= 15 is 0 Å². The number of hydrogen-bond acceptors (Lipinski definition) is 3. The van der Waals surface area contributed by atoms with Gasteiger partial charge in [-0.05, 0) is 48.1 Å². The highest BCUT2D eigenvalue weighted by molar-refractivity contribution is 7.92. The quantitative estimate of drug-likeness (QED) is 0.906. The van der Waals surface area contributed by atoms with Crippen molar-refractivity contribution in [3.05, 3.63) is 53.6 Å². The van der Waals surface area contributed by atoms with Crippen molar-refractivity contribution in [2.24, 2.45) is 0 Å². The molecular formula is C17H16N2O3S. The second-order valence-corrected chi connectivity index (χ2v) is 7.70. The molecule has 1 heterocycles. The van der Waals surface area contributed by atoms with E-state index in [-0.39, 0.29) is 17.2 Å². The minimum Gasteiger partial charge on any atom is -0.324 e. The fourth-order valence-corrected chi connectivity index (χ4v) is 3.95. The van der Waals surface area contributed by atoms with Gasteiger partial charge in [0.05, 0.1) is 22.7 Å². The number of amides is 1. The normalized spacial score (nSPS) is 16.8. The number of rotatable bonds is 4. The van der Waals surface area contributed by atoms with Crippen LogP contribution in [0.2, 0.25) is 0 Å². The molecule has 6 heteroatoms. The van der Waals surface area contributed by atoms with Crippen molar-refractivity contribution in [2.45, 2.75) is 30.1 Å². The lowest BCUT2D eigenvalue weighted by molar-refractivity contribution is -0.115. The maximum absolute atomic E-state index is 12.6. The molecule has 23 heavy (non-hydrogen) atoms. The van der Waals surface area contributed by atoms with Gasteiger partial charge in [0.25, 0.3) is 10.0 Å². The fourth-order valence-electron chi connectivity index (χ4n) is 2.88. The van der Waals surface area contributed by atoms with Crippen LogP contribution < -0.4 is 10.0 Å². The van der Waals surface area contributed by atoms with Crippen molar-refractivity contribution in [1.82, 2.24) is 0 Å². The molecule has 2 aromatic rings. The van der Waals surface area contributed by atoms with Crippen LogP contribution in [-0.4, -0.2) is 14.3 Å². The average molecular weight is 328 g/mol. The number of benzene rings is 2. The Labute approximate surface area is 134 Å². The third-order valence-corrected chi connectivity index (χ3v) is 5.63. The van der Waals surface area contributed by atoms with E-state index < -0.39 is 10.0 Å². The summed E-state index contributed by atoms with van der Waals surface area (Å²) in [6, 6.07) is 12.2. The van der Waals surface area contributed by atoms with Crippen LogP contribution >= 0.6 is 0 Å². The second kappa shape index (κ2) is 5.09. The van der Waals surface area contributed by atoms with Gasteiger partial charge < -0.3 is 5.32 Å². The molecule has 0 saturated heterocycles. The Morgan fingerprint density at radius 1 is 1.04 bits per heavy atom. The molecule has 0 bridgehead atoms. The minimum atomic E-state index is -3.68. The number of hydrogen-bond donors (Lipinski definition) is 2. The monoisotopic (exact) mass is 328 g/mol. The lowest BCUT2D eigenvalue weighted by atomic mass is 10.1. The average Bonchev–Trinajstić information content (AvgIpc) is 3.29. The highest BCUT2D eigenvalue weighted by atomic mass is 32.2. The van der Waals surface area contributed by atoms with Crippen molar-refractivity contribution < 1.29 is 13.2 Å². The van der Waals surface area contributed by atoms with Gasteiger partial charge >= 0.3 is 0 Å². The predicted molar refractivity (Wildman–Crippen MR) is 88.0 cm³/mol. The summed E-state index contributed by atoms with van der Waals surface area (Å²) in [5.41, 5.74) is 2.95. The van der Waals surface area contributed by atoms with Gasteiger partial charge in [-0.25, -0.2) is 8.42 Å². The van der Waals surface area contributed by atoms with Gasteiger partial charge in [0.2, 0.25) is 5.91 Å². The lowest BCUT2D eigenvalue weighted by Gasteiger charge is -2.12. The van der Waals surface area contributed by atoms with E-state index in [1.54, 1.807) is 24.3 Å². The molecule has 2 N–H and O–H groups in total. The molecule has 2 aromatic carbocycles. The highest BCUT2D eigenvalue weighted by Crippen LogP contribution is 2.40. The number of nitrogens with one attached hydrogen (secondary N) is 2. The summed E-state index contributed by atoms with van der Waals surface area (Å²) in [5, 5.41) is 2.71. The van der Waals surface area contributed by atoms with Crippen LogP contribution in [-0.2, 0) is 21.2 Å². The number of carbonyl (C=O) groups excluding carboxylic acids is 1. The van der Waals surface area contributed by atoms with Gasteiger partial charge in [-0.3, -0.25) is 9.52 Å². The molecule has 5 nitrogen and oxygen atoms in total. The first-order chi connectivity index (χ1) is 11.0. The van der Waals surface area contributed by atoms with E-state index in [1.807, 2.05) is 18.2 Å². The second-order valence-electron chi connectivity index (χ2n) is 6.01. The SMILES string of the molecule is O=C1Cc2cccc(NS(=O)(=O)c3ccc(C4CC4)cc3)c2N1. The molecule has 4 rings (SSSR count). The summed E-state index contributed by atoms with van der Waals surface area (Å²) in [6.07, 6.45) is 2.64. The first-order valence-electron chi connectivity index (χ1n) is 7.57. The summed E-state index contributed by atoms with van der Waals surface area (Å²) < 4.78 is 27.7. The zero-order chi connectivity index (χ0) is 16.0. The van der Waals surface area contributed by atoms with E-state index in [2.05, 4.69) is 10.0 Å². The van der Waals surface area contributed by atoms with E-state index in [1.165, 1.54) is 18.4 Å². The Bertz CT molecular complexity index is 885. The van der Waals surface area contributed by atoms with E-state index in [4.69, 9.17) is 0 Å². The van der Waals surface area contributed by atoms with Crippen molar-refractivity contribution in [3.8, 4) is 0 Å². The molecule has 0 aromatic heterocycles. The van der Waals surface area contributed by atoms with Crippen LogP contribution in [0.1, 0.15) is 29.9 Å². The Kier molecular flexibility index (Phi) is 3.16. The van der Waals surface area contributed by atoms with Gasteiger partial charge in [0, 0.05) is 0 Å². The summed E-state index contributed by atoms with van der Waals surface area (Å²) >= 11 is 0. The smallest absolute Gasteiger partial charge is 0.261 e. The van der Waals surface area contributed by atoms with Crippen LogP contribution in [0.3, 0.4) is 0 Å². The summed E-state index contributed by atoms with van der Waals surface area (Å²) in [7, 11) is -3.68. The standard InChI is InChI=1S/C17H16N2O3S/c20-16-10-13-2-1-3-15(17(13)18-16)19-23(21,22)14-8-6-12(7-9-14)11-4-5-11/h1-3,6-9,11,19H,4-5,10H2,(H,18,20). The molecule has 0 atom stereocenters. The first-order valence-corrected chi connectivity index (χ1v) is 9.06. The lowest BCUT2D eigenvalue weighted by Crippen LogP contribution is -2.14. The molecule has 2 aliphatic rings. The summed E-state index contributed by atoms with van der Waals surface area (Å²) in [6.45, 7) is 0. The number of fused-ring (bicyclic) bond motifs is 1. The van der Waals surface area contributed by atoms with Crippen molar-refractivity contribution in [2.75, 3.05) is 10.0 Å². The third-order valence-electron chi connectivity index (χ3n) is 4.25. The highest BCUT2D eigenvalue weighted by Gasteiger charge is 2.25. The zero-order valence-corrected chi connectivity index (χ0v) is 13.2. The van der Waals surface area contributed by atoms with Gasteiger partial charge in [0.1, 0.15) is 0 Å². The maximum atomic E-state index is 12.6. The Morgan fingerprint density at radius 2 is 1.78 bits per heavy atom. The van der Waals surface area contributed by atoms with Gasteiger partial charge in [-0.1, -0.05) is 24.3 Å². The minimum absolute atomic E-state index is 0.125. The molecule has 118 valence electrons. The molecule has 1 amide bonds. The predicted octanol–water partition coefficient (Wildman–Crippen LogP) is 2.86. The Hall–Kier alpha value is -2.34. The molecule has 0 unspecified atom stereocenters. The molecule has 1 fully saturated rings. The van der Waals surface area contributed by atoms with Gasteiger partial charge in [-0.2, -0.15) is 0 Å². The van der Waals surface area contributed by atoms with Crippen LogP contribution in [0.4, 0.5) is 11.4 Å². The van der Waals surface area contributed by atoms with Crippen LogP contribution in [0.25, 0.3) is 0 Å². The number of anilines is 2. The Morgan fingerprint density at radius 3 is 2.48 bits per heavy atom. The molecule has 1 saturated carbocycles. The van der Waals surface area contributed by atoms with E-state index in [0.717, 1.165) is 5.56 Å². The van der Waals surface area contributed by atoms with Crippen molar-refractivity contribution >= 4 is 27.3 Å². The fraction of sp³-hybridized carbons (Fsp3) is 0.235. The molecule has 1 aliphatic heterocycles.